The normalized spacial score (nSPS) is 11.8. The van der Waals surface area contributed by atoms with Crippen molar-refractivity contribution in [3.63, 3.8) is 0 Å². The summed E-state index contributed by atoms with van der Waals surface area (Å²) in [5.74, 6) is 0. The lowest BCUT2D eigenvalue weighted by Crippen LogP contribution is -1.98. The second kappa shape index (κ2) is 7.61. The minimum absolute atomic E-state index is 0.344. The van der Waals surface area contributed by atoms with Crippen molar-refractivity contribution in [3.05, 3.63) is 106 Å². The molecule has 3 rings (SSSR count). The van der Waals surface area contributed by atoms with Crippen molar-refractivity contribution in [3.8, 4) is 0 Å². The Morgan fingerprint density at radius 3 is 1.67 bits per heavy atom. The fraction of sp³-hybridized carbons (Fsp3) is 0.0476. The maximum absolute atomic E-state index is 13.0. The molecule has 120 valence electrons. The van der Waals surface area contributed by atoms with Crippen LogP contribution in [0.25, 0.3) is 5.57 Å². The average molecular weight is 353 g/mol. The first-order valence-corrected chi connectivity index (χ1v) is 9.18. The van der Waals surface area contributed by atoms with Gasteiger partial charge in [0.15, 0.2) is 0 Å². The lowest BCUT2D eigenvalue weighted by molar-refractivity contribution is 0.688. The van der Waals surface area contributed by atoms with Gasteiger partial charge in [-0.25, -0.2) is 4.21 Å². The summed E-state index contributed by atoms with van der Waals surface area (Å²) >= 11 is 6.62. The van der Waals surface area contributed by atoms with E-state index in [4.69, 9.17) is 11.6 Å². The molecule has 3 aromatic rings. The number of hydrogen-bond acceptors (Lipinski definition) is 1. The Labute approximate surface area is 150 Å². The molecule has 0 spiro atoms. The van der Waals surface area contributed by atoms with E-state index in [1.54, 1.807) is 0 Å². The summed E-state index contributed by atoms with van der Waals surface area (Å²) in [4.78, 5) is 0.704. The lowest BCUT2D eigenvalue weighted by atomic mass is 10.00. The summed E-state index contributed by atoms with van der Waals surface area (Å²) in [6, 6.07) is 27.3. The number of hydrogen-bond donors (Lipinski definition) is 0. The number of halogens is 1. The largest absolute Gasteiger partial charge is 0.248 e. The minimum Gasteiger partial charge on any atom is -0.248 e. The zero-order chi connectivity index (χ0) is 16.9. The van der Waals surface area contributed by atoms with Crippen LogP contribution < -0.4 is 0 Å². The van der Waals surface area contributed by atoms with E-state index in [1.165, 1.54) is 0 Å². The topological polar surface area (TPSA) is 17.1 Å². The molecule has 0 aliphatic heterocycles. The van der Waals surface area contributed by atoms with Crippen LogP contribution in [0.1, 0.15) is 16.7 Å². The van der Waals surface area contributed by atoms with Crippen LogP contribution in [0.15, 0.2) is 94.2 Å². The summed E-state index contributed by atoms with van der Waals surface area (Å²) in [5, 5.41) is 0. The van der Waals surface area contributed by atoms with E-state index in [1.807, 2.05) is 91.9 Å². The van der Waals surface area contributed by atoms with Gasteiger partial charge in [-0.05, 0) is 30.2 Å². The highest BCUT2D eigenvalue weighted by molar-refractivity contribution is 7.91. The molecule has 0 radical (unpaired) electrons. The van der Waals surface area contributed by atoms with Gasteiger partial charge in [0.2, 0.25) is 0 Å². The van der Waals surface area contributed by atoms with Crippen LogP contribution in [0.5, 0.6) is 0 Å². The summed E-state index contributed by atoms with van der Waals surface area (Å²) in [6.45, 7) is 2.00. The van der Waals surface area contributed by atoms with E-state index >= 15 is 0 Å². The van der Waals surface area contributed by atoms with Gasteiger partial charge in [0.25, 0.3) is 0 Å². The minimum atomic E-state index is -1.42. The van der Waals surface area contributed by atoms with Crippen LogP contribution in [0.3, 0.4) is 0 Å². The van der Waals surface area contributed by atoms with E-state index in [9.17, 15) is 4.21 Å². The fourth-order valence-electron chi connectivity index (χ4n) is 2.46. The van der Waals surface area contributed by atoms with Crippen LogP contribution >= 0.6 is 11.6 Å². The molecule has 1 unspecified atom stereocenters. The monoisotopic (exact) mass is 352 g/mol. The number of benzene rings is 3. The van der Waals surface area contributed by atoms with Crippen LogP contribution in [-0.2, 0) is 10.8 Å². The van der Waals surface area contributed by atoms with Gasteiger partial charge in [0.1, 0.15) is 4.36 Å². The third-order valence-electron chi connectivity index (χ3n) is 3.72. The second-order valence-electron chi connectivity index (χ2n) is 5.46. The summed E-state index contributed by atoms with van der Waals surface area (Å²) < 4.78 is 13.3. The SMILES string of the molecule is Cc1ccc(S(=O)C(Cl)=C(c2ccccc2)c2ccccc2)cc1. The van der Waals surface area contributed by atoms with E-state index in [0.29, 0.717) is 9.26 Å². The van der Waals surface area contributed by atoms with Gasteiger partial charge in [-0.15, -0.1) is 0 Å². The van der Waals surface area contributed by atoms with Gasteiger partial charge in [0.05, 0.1) is 10.8 Å². The molecule has 0 bridgehead atoms. The van der Waals surface area contributed by atoms with Gasteiger partial charge in [-0.1, -0.05) is 90.0 Å². The molecule has 0 saturated heterocycles. The zero-order valence-electron chi connectivity index (χ0n) is 13.3. The maximum Gasteiger partial charge on any atom is 0.118 e. The molecule has 0 aliphatic carbocycles. The highest BCUT2D eigenvalue weighted by Crippen LogP contribution is 2.32. The molecule has 0 saturated carbocycles. The molecule has 0 heterocycles. The smallest absolute Gasteiger partial charge is 0.118 e. The van der Waals surface area contributed by atoms with Crippen LogP contribution in [0.4, 0.5) is 0 Å². The zero-order valence-corrected chi connectivity index (χ0v) is 14.8. The maximum atomic E-state index is 13.0. The second-order valence-corrected chi connectivity index (χ2v) is 7.48. The van der Waals surface area contributed by atoms with Crippen molar-refractivity contribution in [2.45, 2.75) is 11.8 Å². The molecule has 0 amide bonds. The van der Waals surface area contributed by atoms with Gasteiger partial charge < -0.3 is 0 Å². The van der Waals surface area contributed by atoms with Crippen molar-refractivity contribution in [1.29, 1.82) is 0 Å². The first-order chi connectivity index (χ1) is 11.7. The quantitative estimate of drug-likeness (QED) is 0.583. The Kier molecular flexibility index (Phi) is 5.29. The van der Waals surface area contributed by atoms with Crippen molar-refractivity contribution in [2.75, 3.05) is 0 Å². The third-order valence-corrected chi connectivity index (χ3v) is 5.56. The molecular weight excluding hydrogens is 336 g/mol. The molecule has 0 aromatic heterocycles. The summed E-state index contributed by atoms with van der Waals surface area (Å²) in [5.41, 5.74) is 3.84. The van der Waals surface area contributed by atoms with Crippen molar-refractivity contribution in [2.24, 2.45) is 0 Å². The first kappa shape index (κ1) is 16.7. The highest BCUT2D eigenvalue weighted by atomic mass is 35.5. The van der Waals surface area contributed by atoms with E-state index in [2.05, 4.69) is 0 Å². The predicted molar refractivity (Wildman–Crippen MR) is 102 cm³/mol. The van der Waals surface area contributed by atoms with Gasteiger partial charge in [-0.3, -0.25) is 0 Å². The average Bonchev–Trinajstić information content (AvgIpc) is 2.64. The highest BCUT2D eigenvalue weighted by Gasteiger charge is 2.17. The third kappa shape index (κ3) is 3.66. The Bertz CT molecular complexity index is 827. The Balaban J connectivity index is 2.14. The van der Waals surface area contributed by atoms with Crippen LogP contribution in [-0.4, -0.2) is 4.21 Å². The molecule has 0 aliphatic rings. The molecule has 3 aromatic carbocycles. The Hall–Kier alpha value is -2.16. The molecule has 3 heteroatoms. The van der Waals surface area contributed by atoms with Crippen LogP contribution in [0, 0.1) is 6.92 Å². The fourth-order valence-corrected chi connectivity index (χ4v) is 3.96. The Morgan fingerprint density at radius 1 is 0.750 bits per heavy atom. The number of aryl methyl sites for hydroxylation is 1. The van der Waals surface area contributed by atoms with Gasteiger partial charge in [-0.2, -0.15) is 0 Å². The van der Waals surface area contributed by atoms with Crippen molar-refractivity contribution in [1.82, 2.24) is 0 Å². The molecule has 0 N–H and O–H groups in total. The summed E-state index contributed by atoms with van der Waals surface area (Å²) in [6.07, 6.45) is 0. The molecule has 1 nitrogen and oxygen atoms in total. The standard InChI is InChI=1S/C21H17ClOS/c1-16-12-14-19(15-13-16)24(23)21(22)20(17-8-4-2-5-9-17)18-10-6-3-7-11-18/h2-15H,1H3. The van der Waals surface area contributed by atoms with E-state index < -0.39 is 10.8 Å². The lowest BCUT2D eigenvalue weighted by Gasteiger charge is -2.12. The van der Waals surface area contributed by atoms with Crippen molar-refractivity contribution >= 4 is 28.0 Å². The van der Waals surface area contributed by atoms with Gasteiger partial charge >= 0.3 is 0 Å². The van der Waals surface area contributed by atoms with E-state index in [-0.39, 0.29) is 0 Å². The van der Waals surface area contributed by atoms with Crippen LogP contribution in [0.2, 0.25) is 0 Å². The van der Waals surface area contributed by atoms with Crippen molar-refractivity contribution < 1.29 is 4.21 Å². The molecular formula is C21H17ClOS. The van der Waals surface area contributed by atoms with Gasteiger partial charge in [0, 0.05) is 10.5 Å². The predicted octanol–water partition coefficient (Wildman–Crippen LogP) is 5.76. The molecule has 24 heavy (non-hydrogen) atoms. The molecule has 1 atom stereocenters. The molecule has 0 fully saturated rings. The summed E-state index contributed by atoms with van der Waals surface area (Å²) in [7, 11) is -1.42. The Morgan fingerprint density at radius 2 is 1.21 bits per heavy atom. The number of rotatable bonds is 4. The first-order valence-electron chi connectivity index (χ1n) is 7.66. The van der Waals surface area contributed by atoms with E-state index in [0.717, 1.165) is 22.3 Å².